The van der Waals surface area contributed by atoms with Crippen molar-refractivity contribution >= 4 is 28.6 Å². The van der Waals surface area contributed by atoms with E-state index in [1.165, 1.54) is 5.56 Å². The molecular weight excluding hydrogens is 222 g/mol. The van der Waals surface area contributed by atoms with Gasteiger partial charge in [-0.3, -0.25) is 0 Å². The minimum Gasteiger partial charge on any atom is -0.478 e. The summed E-state index contributed by atoms with van der Waals surface area (Å²) in [7, 11) is 1.98. The Labute approximate surface area is 98.1 Å². The van der Waals surface area contributed by atoms with Crippen LogP contribution in [-0.4, -0.2) is 21.9 Å². The third kappa shape index (κ3) is 1.80. The maximum atomic E-state index is 10.9. The number of thioether (sulfide) groups is 1. The molecule has 0 unspecified atom stereocenters. The van der Waals surface area contributed by atoms with Crippen molar-refractivity contribution in [3.63, 3.8) is 0 Å². The van der Waals surface area contributed by atoms with Crippen LogP contribution >= 0.6 is 11.8 Å². The van der Waals surface area contributed by atoms with E-state index < -0.39 is 5.97 Å². The monoisotopic (exact) mass is 235 g/mol. The molecule has 2 rings (SSSR count). The maximum Gasteiger partial charge on any atom is 0.335 e. The van der Waals surface area contributed by atoms with E-state index in [0.29, 0.717) is 5.56 Å². The molecule has 3 nitrogen and oxygen atoms in total. The summed E-state index contributed by atoms with van der Waals surface area (Å²) in [5.41, 5.74) is 2.61. The van der Waals surface area contributed by atoms with Gasteiger partial charge in [0.05, 0.1) is 5.56 Å². The molecule has 1 aromatic carbocycles. The highest BCUT2D eigenvalue weighted by molar-refractivity contribution is 7.97. The molecule has 0 saturated carbocycles. The Bertz CT molecular complexity index is 545. The zero-order valence-corrected chi connectivity index (χ0v) is 10.0. The number of hydrogen-bond acceptors (Lipinski definition) is 2. The third-order valence-corrected chi connectivity index (χ3v) is 3.22. The van der Waals surface area contributed by atoms with Crippen LogP contribution in [0.2, 0.25) is 0 Å². The molecule has 0 saturated heterocycles. The third-order valence-electron chi connectivity index (χ3n) is 2.62. The van der Waals surface area contributed by atoms with Gasteiger partial charge in [-0.2, -0.15) is 11.8 Å². The second-order valence-corrected chi connectivity index (χ2v) is 4.60. The number of carbonyl (C=O) groups is 1. The van der Waals surface area contributed by atoms with Crippen LogP contribution in [-0.2, 0) is 12.8 Å². The van der Waals surface area contributed by atoms with Gasteiger partial charge >= 0.3 is 5.97 Å². The maximum absolute atomic E-state index is 10.9. The van der Waals surface area contributed by atoms with E-state index in [-0.39, 0.29) is 0 Å². The van der Waals surface area contributed by atoms with Crippen molar-refractivity contribution < 1.29 is 9.90 Å². The van der Waals surface area contributed by atoms with Crippen LogP contribution in [0.3, 0.4) is 0 Å². The molecule has 2 aromatic rings. The lowest BCUT2D eigenvalue weighted by Crippen LogP contribution is -1.95. The summed E-state index contributed by atoms with van der Waals surface area (Å²) in [6, 6.07) is 5.26. The molecule has 0 aliphatic carbocycles. The highest BCUT2D eigenvalue weighted by atomic mass is 32.2. The van der Waals surface area contributed by atoms with Crippen LogP contribution in [0.4, 0.5) is 0 Å². The summed E-state index contributed by atoms with van der Waals surface area (Å²) >= 11 is 1.74. The van der Waals surface area contributed by atoms with Crippen molar-refractivity contribution in [1.29, 1.82) is 0 Å². The predicted octanol–water partition coefficient (Wildman–Crippen LogP) is 2.74. The van der Waals surface area contributed by atoms with Gasteiger partial charge in [-0.15, -0.1) is 0 Å². The number of aryl methyl sites for hydroxylation is 1. The Balaban J connectivity index is 2.64. The van der Waals surface area contributed by atoms with Gasteiger partial charge in [-0.1, -0.05) is 0 Å². The topological polar surface area (TPSA) is 42.2 Å². The van der Waals surface area contributed by atoms with Gasteiger partial charge in [0, 0.05) is 29.9 Å². The number of aromatic nitrogens is 1. The lowest BCUT2D eigenvalue weighted by molar-refractivity contribution is 0.0697. The molecule has 4 heteroatoms. The molecular formula is C12H13NO2S. The first-order valence-electron chi connectivity index (χ1n) is 4.93. The van der Waals surface area contributed by atoms with Crippen LogP contribution in [0.15, 0.2) is 24.4 Å². The van der Waals surface area contributed by atoms with Crippen molar-refractivity contribution in [2.24, 2.45) is 7.05 Å². The molecule has 0 aliphatic heterocycles. The van der Waals surface area contributed by atoms with Gasteiger partial charge in [0.15, 0.2) is 0 Å². The first kappa shape index (κ1) is 11.1. The smallest absolute Gasteiger partial charge is 0.335 e. The number of benzene rings is 1. The van der Waals surface area contributed by atoms with E-state index in [4.69, 9.17) is 5.11 Å². The average molecular weight is 235 g/mol. The molecule has 1 aromatic heterocycles. The quantitative estimate of drug-likeness (QED) is 0.889. The second kappa shape index (κ2) is 4.22. The first-order chi connectivity index (χ1) is 7.63. The summed E-state index contributed by atoms with van der Waals surface area (Å²) < 4.78 is 2.03. The van der Waals surface area contributed by atoms with Crippen molar-refractivity contribution in [2.75, 3.05) is 6.26 Å². The van der Waals surface area contributed by atoms with Gasteiger partial charge in [0.2, 0.25) is 0 Å². The minimum atomic E-state index is -0.874. The molecule has 0 aliphatic rings. The van der Waals surface area contributed by atoms with Gasteiger partial charge in [-0.05, 0) is 30.0 Å². The van der Waals surface area contributed by atoms with E-state index in [2.05, 4.69) is 6.20 Å². The molecule has 16 heavy (non-hydrogen) atoms. The fourth-order valence-corrected chi connectivity index (χ4v) is 2.42. The Morgan fingerprint density at radius 2 is 2.25 bits per heavy atom. The standard InChI is InChI=1S/C12H13NO2S/c1-13-6-9(7-16-2)10-5-8(12(14)15)3-4-11(10)13/h3-6H,7H2,1-2H3,(H,14,15). The number of hydrogen-bond donors (Lipinski definition) is 1. The lowest BCUT2D eigenvalue weighted by atomic mass is 10.1. The SMILES string of the molecule is CSCc1cn(C)c2ccc(C(=O)O)cc12. The number of rotatable bonds is 3. The van der Waals surface area contributed by atoms with Gasteiger partial charge in [0.1, 0.15) is 0 Å². The molecule has 0 fully saturated rings. The van der Waals surface area contributed by atoms with Crippen LogP contribution in [0.1, 0.15) is 15.9 Å². The Morgan fingerprint density at radius 1 is 1.50 bits per heavy atom. The number of aromatic carboxylic acids is 1. The highest BCUT2D eigenvalue weighted by Gasteiger charge is 2.09. The predicted molar refractivity (Wildman–Crippen MR) is 67.1 cm³/mol. The largest absolute Gasteiger partial charge is 0.478 e. The van der Waals surface area contributed by atoms with Gasteiger partial charge < -0.3 is 9.67 Å². The number of nitrogens with zero attached hydrogens (tertiary/aromatic N) is 1. The summed E-state index contributed by atoms with van der Waals surface area (Å²) in [5, 5.41) is 10.00. The second-order valence-electron chi connectivity index (χ2n) is 3.74. The summed E-state index contributed by atoms with van der Waals surface area (Å²) in [5.74, 6) is 0.0290. The van der Waals surface area contributed by atoms with Gasteiger partial charge in [0.25, 0.3) is 0 Å². The van der Waals surface area contributed by atoms with Crippen LogP contribution in [0.25, 0.3) is 10.9 Å². The molecule has 0 radical (unpaired) electrons. The normalized spacial score (nSPS) is 10.9. The van der Waals surface area contributed by atoms with E-state index in [9.17, 15) is 4.79 Å². The Morgan fingerprint density at radius 3 is 2.88 bits per heavy atom. The van der Waals surface area contributed by atoms with E-state index in [1.807, 2.05) is 23.9 Å². The minimum absolute atomic E-state index is 0.348. The van der Waals surface area contributed by atoms with E-state index in [1.54, 1.807) is 23.9 Å². The zero-order valence-electron chi connectivity index (χ0n) is 9.23. The first-order valence-corrected chi connectivity index (χ1v) is 6.33. The molecule has 1 N–H and O–H groups in total. The number of carboxylic acid groups (broad SMARTS) is 1. The molecule has 0 spiro atoms. The fraction of sp³-hybridized carbons (Fsp3) is 0.250. The van der Waals surface area contributed by atoms with E-state index in [0.717, 1.165) is 16.7 Å². The summed E-state index contributed by atoms with van der Waals surface area (Å²) in [6.45, 7) is 0. The molecule has 1 heterocycles. The van der Waals surface area contributed by atoms with Gasteiger partial charge in [-0.25, -0.2) is 4.79 Å². The fourth-order valence-electron chi connectivity index (χ4n) is 1.88. The Kier molecular flexibility index (Phi) is 2.92. The number of fused-ring (bicyclic) bond motifs is 1. The summed E-state index contributed by atoms with van der Waals surface area (Å²) in [6.07, 6.45) is 4.10. The van der Waals surface area contributed by atoms with Crippen molar-refractivity contribution in [3.8, 4) is 0 Å². The van der Waals surface area contributed by atoms with Crippen molar-refractivity contribution in [3.05, 3.63) is 35.5 Å². The van der Waals surface area contributed by atoms with Crippen LogP contribution in [0.5, 0.6) is 0 Å². The summed E-state index contributed by atoms with van der Waals surface area (Å²) in [4.78, 5) is 10.9. The van der Waals surface area contributed by atoms with E-state index >= 15 is 0 Å². The van der Waals surface area contributed by atoms with Crippen molar-refractivity contribution in [2.45, 2.75) is 5.75 Å². The number of carboxylic acids is 1. The zero-order chi connectivity index (χ0) is 11.7. The van der Waals surface area contributed by atoms with Crippen LogP contribution in [0, 0.1) is 0 Å². The lowest BCUT2D eigenvalue weighted by Gasteiger charge is -1.99. The Hall–Kier alpha value is -1.42. The molecule has 0 atom stereocenters. The molecule has 84 valence electrons. The average Bonchev–Trinajstić information content (AvgIpc) is 2.56. The van der Waals surface area contributed by atoms with Crippen molar-refractivity contribution in [1.82, 2.24) is 4.57 Å². The molecule has 0 bridgehead atoms. The van der Waals surface area contributed by atoms with Crippen LogP contribution < -0.4 is 0 Å². The molecule has 0 amide bonds. The highest BCUT2D eigenvalue weighted by Crippen LogP contribution is 2.24.